The van der Waals surface area contributed by atoms with E-state index in [4.69, 9.17) is 0 Å². The largest absolute Gasteiger partial charge is 0.508 e. The first-order chi connectivity index (χ1) is 10.6. The number of phenols is 1. The van der Waals surface area contributed by atoms with Crippen LogP contribution < -0.4 is 0 Å². The molecule has 1 saturated heterocycles. The van der Waals surface area contributed by atoms with Crippen LogP contribution >= 0.6 is 0 Å². The number of carbonyl (C=O) groups is 1. The van der Waals surface area contributed by atoms with Crippen molar-refractivity contribution in [3.63, 3.8) is 0 Å². The summed E-state index contributed by atoms with van der Waals surface area (Å²) in [7, 11) is 0. The van der Waals surface area contributed by atoms with Crippen molar-refractivity contribution in [2.24, 2.45) is 0 Å². The predicted molar refractivity (Wildman–Crippen MR) is 81.9 cm³/mol. The number of phenolic OH excluding ortho intramolecular Hbond substituents is 1. The first-order valence-electron chi connectivity index (χ1n) is 7.46. The zero-order valence-corrected chi connectivity index (χ0v) is 12.2. The second-order valence-electron chi connectivity index (χ2n) is 5.64. The Labute approximate surface area is 129 Å². The highest BCUT2D eigenvalue weighted by Crippen LogP contribution is 2.33. The van der Waals surface area contributed by atoms with Crippen LogP contribution in [0.5, 0.6) is 5.75 Å². The van der Waals surface area contributed by atoms with E-state index in [2.05, 4.69) is 0 Å². The Kier molecular flexibility index (Phi) is 4.09. The Bertz CT molecular complexity index is 652. The van der Waals surface area contributed by atoms with Crippen LogP contribution in [-0.2, 0) is 11.2 Å². The standard InChI is InChI=1S/C18H18FNO2/c19-15-7-3-13(4-8-15)12-18(22)20-11-1-2-17(20)14-5-9-16(21)10-6-14/h3-10,17,21H,1-2,11-12H2. The lowest BCUT2D eigenvalue weighted by molar-refractivity contribution is -0.131. The van der Waals surface area contributed by atoms with Crippen molar-refractivity contribution < 1.29 is 14.3 Å². The molecule has 0 saturated carbocycles. The quantitative estimate of drug-likeness (QED) is 0.943. The predicted octanol–water partition coefficient (Wildman–Crippen LogP) is 3.44. The van der Waals surface area contributed by atoms with E-state index in [-0.39, 0.29) is 29.9 Å². The fourth-order valence-corrected chi connectivity index (χ4v) is 2.99. The van der Waals surface area contributed by atoms with E-state index in [1.54, 1.807) is 24.3 Å². The third-order valence-corrected chi connectivity index (χ3v) is 4.12. The molecule has 0 aliphatic carbocycles. The minimum Gasteiger partial charge on any atom is -0.508 e. The fraction of sp³-hybridized carbons (Fsp3) is 0.278. The molecule has 0 radical (unpaired) electrons. The third-order valence-electron chi connectivity index (χ3n) is 4.12. The SMILES string of the molecule is O=C(Cc1ccc(F)cc1)N1CCCC1c1ccc(O)cc1. The lowest BCUT2D eigenvalue weighted by Crippen LogP contribution is -2.31. The summed E-state index contributed by atoms with van der Waals surface area (Å²) in [5.74, 6) is -0.00698. The zero-order valence-electron chi connectivity index (χ0n) is 12.2. The van der Waals surface area contributed by atoms with E-state index in [0.29, 0.717) is 0 Å². The van der Waals surface area contributed by atoms with Crippen LogP contribution in [-0.4, -0.2) is 22.5 Å². The molecule has 3 rings (SSSR count). The third kappa shape index (κ3) is 3.11. The summed E-state index contributed by atoms with van der Waals surface area (Å²) in [4.78, 5) is 14.4. The van der Waals surface area contributed by atoms with E-state index in [1.165, 1.54) is 12.1 Å². The van der Waals surface area contributed by atoms with Crippen molar-refractivity contribution in [3.8, 4) is 5.75 Å². The minimum atomic E-state index is -0.292. The van der Waals surface area contributed by atoms with Gasteiger partial charge in [-0.25, -0.2) is 4.39 Å². The first kappa shape index (κ1) is 14.6. The maximum atomic E-state index is 12.9. The van der Waals surface area contributed by atoms with E-state index >= 15 is 0 Å². The van der Waals surface area contributed by atoms with Gasteiger partial charge in [0.05, 0.1) is 12.5 Å². The molecule has 2 aromatic carbocycles. The average Bonchev–Trinajstić information content (AvgIpc) is 3.00. The van der Waals surface area contributed by atoms with E-state index < -0.39 is 0 Å². The van der Waals surface area contributed by atoms with Gasteiger partial charge < -0.3 is 10.0 Å². The summed E-state index contributed by atoms with van der Waals surface area (Å²) in [6.07, 6.45) is 2.19. The lowest BCUT2D eigenvalue weighted by atomic mass is 10.0. The Balaban J connectivity index is 1.73. The van der Waals surface area contributed by atoms with Crippen molar-refractivity contribution in [2.45, 2.75) is 25.3 Å². The fourth-order valence-electron chi connectivity index (χ4n) is 2.99. The van der Waals surface area contributed by atoms with Gasteiger partial charge in [0.2, 0.25) is 5.91 Å². The number of halogens is 1. The average molecular weight is 299 g/mol. The Morgan fingerprint density at radius 1 is 1.14 bits per heavy atom. The van der Waals surface area contributed by atoms with Gasteiger partial charge in [0.15, 0.2) is 0 Å². The number of likely N-dealkylation sites (tertiary alicyclic amines) is 1. The molecule has 1 N–H and O–H groups in total. The highest BCUT2D eigenvalue weighted by atomic mass is 19.1. The molecule has 1 atom stereocenters. The van der Waals surface area contributed by atoms with E-state index in [9.17, 15) is 14.3 Å². The van der Waals surface area contributed by atoms with Crippen molar-refractivity contribution in [1.29, 1.82) is 0 Å². The van der Waals surface area contributed by atoms with Crippen molar-refractivity contribution >= 4 is 5.91 Å². The van der Waals surface area contributed by atoms with Gasteiger partial charge in [0.1, 0.15) is 11.6 Å². The summed E-state index contributed by atoms with van der Waals surface area (Å²) < 4.78 is 12.9. The van der Waals surface area contributed by atoms with Crippen LogP contribution in [0, 0.1) is 5.82 Å². The maximum Gasteiger partial charge on any atom is 0.227 e. The number of rotatable bonds is 3. The number of hydrogen-bond acceptors (Lipinski definition) is 2. The molecular weight excluding hydrogens is 281 g/mol. The smallest absolute Gasteiger partial charge is 0.227 e. The molecular formula is C18H18FNO2. The highest BCUT2D eigenvalue weighted by molar-refractivity contribution is 5.79. The monoisotopic (exact) mass is 299 g/mol. The van der Waals surface area contributed by atoms with Crippen molar-refractivity contribution in [2.75, 3.05) is 6.54 Å². The molecule has 1 amide bonds. The summed E-state index contributed by atoms with van der Waals surface area (Å²) in [6.45, 7) is 0.742. The Morgan fingerprint density at radius 3 is 2.50 bits per heavy atom. The van der Waals surface area contributed by atoms with E-state index in [1.807, 2.05) is 17.0 Å². The normalized spacial score (nSPS) is 17.7. The number of hydrogen-bond donors (Lipinski definition) is 1. The summed E-state index contributed by atoms with van der Waals surface area (Å²) in [6, 6.07) is 13.2. The Morgan fingerprint density at radius 2 is 1.82 bits per heavy atom. The zero-order chi connectivity index (χ0) is 15.5. The van der Waals surface area contributed by atoms with Crippen molar-refractivity contribution in [3.05, 3.63) is 65.5 Å². The van der Waals surface area contributed by atoms with Crippen LogP contribution in [0.2, 0.25) is 0 Å². The molecule has 0 aromatic heterocycles. The number of carbonyl (C=O) groups excluding carboxylic acids is 1. The molecule has 1 fully saturated rings. The van der Waals surface area contributed by atoms with Crippen LogP contribution in [0.3, 0.4) is 0 Å². The molecule has 1 aliphatic heterocycles. The summed E-state index contributed by atoms with van der Waals surface area (Å²) >= 11 is 0. The maximum absolute atomic E-state index is 12.9. The number of benzene rings is 2. The second-order valence-corrected chi connectivity index (χ2v) is 5.64. The van der Waals surface area contributed by atoms with Crippen LogP contribution in [0.4, 0.5) is 4.39 Å². The van der Waals surface area contributed by atoms with Crippen LogP contribution in [0.25, 0.3) is 0 Å². The van der Waals surface area contributed by atoms with Gasteiger partial charge in [-0.3, -0.25) is 4.79 Å². The molecule has 114 valence electrons. The molecule has 3 nitrogen and oxygen atoms in total. The van der Waals surface area contributed by atoms with Gasteiger partial charge in [-0.15, -0.1) is 0 Å². The molecule has 1 heterocycles. The van der Waals surface area contributed by atoms with Gasteiger partial charge in [-0.2, -0.15) is 0 Å². The Hall–Kier alpha value is -2.36. The molecule has 0 spiro atoms. The molecule has 1 aliphatic rings. The van der Waals surface area contributed by atoms with E-state index in [0.717, 1.165) is 30.5 Å². The van der Waals surface area contributed by atoms with Crippen LogP contribution in [0.15, 0.2) is 48.5 Å². The molecule has 1 unspecified atom stereocenters. The number of aromatic hydroxyl groups is 1. The second kappa shape index (κ2) is 6.18. The number of amides is 1. The summed E-state index contributed by atoms with van der Waals surface area (Å²) in [5.41, 5.74) is 1.87. The van der Waals surface area contributed by atoms with Crippen LogP contribution in [0.1, 0.15) is 30.0 Å². The minimum absolute atomic E-state index is 0.0576. The number of nitrogens with zero attached hydrogens (tertiary/aromatic N) is 1. The topological polar surface area (TPSA) is 40.5 Å². The first-order valence-corrected chi connectivity index (χ1v) is 7.46. The van der Waals surface area contributed by atoms with Gasteiger partial charge in [0, 0.05) is 6.54 Å². The van der Waals surface area contributed by atoms with Gasteiger partial charge in [0.25, 0.3) is 0 Å². The molecule has 2 aromatic rings. The summed E-state index contributed by atoms with van der Waals surface area (Å²) in [5, 5.41) is 9.38. The van der Waals surface area contributed by atoms with Crippen molar-refractivity contribution in [1.82, 2.24) is 4.90 Å². The molecule has 0 bridgehead atoms. The molecule has 4 heteroatoms. The highest BCUT2D eigenvalue weighted by Gasteiger charge is 2.29. The van der Waals surface area contributed by atoms with Gasteiger partial charge >= 0.3 is 0 Å². The lowest BCUT2D eigenvalue weighted by Gasteiger charge is -2.25. The molecule has 22 heavy (non-hydrogen) atoms. The van der Waals surface area contributed by atoms with Gasteiger partial charge in [-0.1, -0.05) is 24.3 Å². The van der Waals surface area contributed by atoms with Gasteiger partial charge in [-0.05, 0) is 48.2 Å².